The van der Waals surface area contributed by atoms with Crippen LogP contribution in [0.2, 0.25) is 0 Å². The molecule has 1 fully saturated rings. The van der Waals surface area contributed by atoms with Crippen LogP contribution in [0.25, 0.3) is 0 Å². The van der Waals surface area contributed by atoms with Crippen molar-refractivity contribution in [2.24, 2.45) is 5.92 Å². The van der Waals surface area contributed by atoms with Crippen molar-refractivity contribution in [1.82, 2.24) is 0 Å². The first-order chi connectivity index (χ1) is 4.72. The Labute approximate surface area is 74.1 Å². The number of rotatable bonds is 2. The van der Waals surface area contributed by atoms with E-state index in [1.165, 1.54) is 0 Å². The maximum atomic E-state index is 11.3. The minimum absolute atomic E-state index is 0.0520. The molecule has 1 heterocycles. The van der Waals surface area contributed by atoms with Gasteiger partial charge < -0.3 is 0 Å². The molecular weight excluding hydrogens is 212 g/mol. The van der Waals surface area contributed by atoms with E-state index in [9.17, 15) is 4.79 Å². The van der Waals surface area contributed by atoms with Gasteiger partial charge in [0, 0.05) is 11.7 Å². The molecular formula is C7H11BrOS. The third-order valence-corrected chi connectivity index (χ3v) is 3.34. The van der Waals surface area contributed by atoms with Crippen LogP contribution in [-0.4, -0.2) is 22.1 Å². The molecule has 2 unspecified atom stereocenters. The lowest BCUT2D eigenvalue weighted by atomic mass is 10.0. The highest BCUT2D eigenvalue weighted by Gasteiger charge is 2.25. The van der Waals surface area contributed by atoms with Crippen molar-refractivity contribution in [2.75, 3.05) is 11.5 Å². The third-order valence-electron chi connectivity index (χ3n) is 1.72. The highest BCUT2D eigenvalue weighted by molar-refractivity contribution is 9.10. The summed E-state index contributed by atoms with van der Waals surface area (Å²) in [6.45, 7) is 1.91. The number of halogens is 1. The second-order valence-corrected chi connectivity index (χ2v) is 5.10. The van der Waals surface area contributed by atoms with Crippen molar-refractivity contribution in [3.8, 4) is 0 Å². The molecule has 0 radical (unpaired) electrons. The van der Waals surface area contributed by atoms with Gasteiger partial charge in [0.1, 0.15) is 5.78 Å². The van der Waals surface area contributed by atoms with E-state index in [4.69, 9.17) is 0 Å². The van der Waals surface area contributed by atoms with Crippen LogP contribution in [0.15, 0.2) is 0 Å². The molecule has 0 bridgehead atoms. The first-order valence-corrected chi connectivity index (χ1v) is 5.54. The molecule has 0 N–H and O–H groups in total. The number of ketones is 1. The summed E-state index contributed by atoms with van der Waals surface area (Å²) in [5.41, 5.74) is 0. The summed E-state index contributed by atoms with van der Waals surface area (Å²) in [7, 11) is 0. The lowest BCUT2D eigenvalue weighted by Gasteiger charge is -2.07. The van der Waals surface area contributed by atoms with E-state index < -0.39 is 0 Å². The molecule has 2 atom stereocenters. The Morgan fingerprint density at radius 2 is 2.50 bits per heavy atom. The van der Waals surface area contributed by atoms with Crippen molar-refractivity contribution in [3.05, 3.63) is 0 Å². The fourth-order valence-corrected chi connectivity index (χ4v) is 2.69. The monoisotopic (exact) mass is 222 g/mol. The van der Waals surface area contributed by atoms with E-state index in [0.717, 1.165) is 17.9 Å². The molecule has 1 aliphatic rings. The van der Waals surface area contributed by atoms with Crippen LogP contribution in [0.5, 0.6) is 0 Å². The summed E-state index contributed by atoms with van der Waals surface area (Å²) in [4.78, 5) is 11.3. The summed E-state index contributed by atoms with van der Waals surface area (Å²) in [5.74, 6) is 2.91. The van der Waals surface area contributed by atoms with Gasteiger partial charge in [-0.1, -0.05) is 15.9 Å². The van der Waals surface area contributed by atoms with E-state index in [2.05, 4.69) is 15.9 Å². The molecule has 0 amide bonds. The van der Waals surface area contributed by atoms with E-state index in [1.54, 1.807) is 0 Å². The number of hydrogen-bond acceptors (Lipinski definition) is 2. The quantitative estimate of drug-likeness (QED) is 0.667. The minimum atomic E-state index is 0.0520. The summed E-state index contributed by atoms with van der Waals surface area (Å²) in [6.07, 6.45) is 1.08. The average Bonchev–Trinajstić information content (AvgIpc) is 2.36. The average molecular weight is 223 g/mol. The van der Waals surface area contributed by atoms with Gasteiger partial charge >= 0.3 is 0 Å². The van der Waals surface area contributed by atoms with E-state index in [1.807, 2.05) is 18.7 Å². The van der Waals surface area contributed by atoms with Gasteiger partial charge in [-0.25, -0.2) is 0 Å². The Morgan fingerprint density at radius 1 is 1.80 bits per heavy atom. The standard InChI is InChI=1S/C7H11BrOS/c1-5(8)7(9)6-2-3-10-4-6/h5-6H,2-4H2,1H3. The van der Waals surface area contributed by atoms with Crippen LogP contribution in [-0.2, 0) is 4.79 Å². The Hall–Kier alpha value is 0.500. The van der Waals surface area contributed by atoms with Crippen molar-refractivity contribution in [1.29, 1.82) is 0 Å². The zero-order valence-corrected chi connectivity index (χ0v) is 8.37. The number of hydrogen-bond donors (Lipinski definition) is 0. The molecule has 1 aliphatic heterocycles. The fraction of sp³-hybridized carbons (Fsp3) is 0.857. The molecule has 0 aliphatic carbocycles. The number of alkyl halides is 1. The van der Waals surface area contributed by atoms with Gasteiger partial charge in [0.25, 0.3) is 0 Å². The van der Waals surface area contributed by atoms with Crippen molar-refractivity contribution in [2.45, 2.75) is 18.2 Å². The molecule has 0 spiro atoms. The molecule has 58 valence electrons. The third kappa shape index (κ3) is 1.99. The van der Waals surface area contributed by atoms with Gasteiger partial charge in [0.2, 0.25) is 0 Å². The van der Waals surface area contributed by atoms with Gasteiger partial charge in [0.05, 0.1) is 4.83 Å². The van der Waals surface area contributed by atoms with Crippen LogP contribution < -0.4 is 0 Å². The van der Waals surface area contributed by atoms with Crippen molar-refractivity contribution >= 4 is 33.5 Å². The molecule has 0 saturated carbocycles. The minimum Gasteiger partial charge on any atom is -0.298 e. The summed E-state index contributed by atoms with van der Waals surface area (Å²) in [6, 6.07) is 0. The molecule has 0 aromatic heterocycles. The molecule has 0 aromatic carbocycles. The molecule has 0 aromatic rings. The van der Waals surface area contributed by atoms with Crippen LogP contribution in [0.4, 0.5) is 0 Å². The Balaban J connectivity index is 2.40. The zero-order valence-electron chi connectivity index (χ0n) is 5.97. The molecule has 1 nitrogen and oxygen atoms in total. The van der Waals surface area contributed by atoms with Crippen molar-refractivity contribution in [3.63, 3.8) is 0 Å². The van der Waals surface area contributed by atoms with E-state index in [0.29, 0.717) is 11.7 Å². The van der Waals surface area contributed by atoms with Gasteiger partial charge in [-0.05, 0) is 19.1 Å². The first-order valence-electron chi connectivity index (χ1n) is 3.47. The normalized spacial score (nSPS) is 28.4. The number of carbonyl (C=O) groups excluding carboxylic acids is 1. The van der Waals surface area contributed by atoms with Crippen LogP contribution in [0.3, 0.4) is 0 Å². The second-order valence-electron chi connectivity index (χ2n) is 2.58. The van der Waals surface area contributed by atoms with Crippen LogP contribution >= 0.6 is 27.7 Å². The van der Waals surface area contributed by atoms with Crippen LogP contribution in [0, 0.1) is 5.92 Å². The smallest absolute Gasteiger partial charge is 0.150 e. The van der Waals surface area contributed by atoms with Gasteiger partial charge in [-0.2, -0.15) is 11.8 Å². The number of thioether (sulfide) groups is 1. The molecule has 10 heavy (non-hydrogen) atoms. The Bertz CT molecular complexity index is 130. The number of Topliss-reactive ketones (excluding diaryl/α,β-unsaturated/α-hetero) is 1. The van der Waals surface area contributed by atoms with Crippen LogP contribution in [0.1, 0.15) is 13.3 Å². The van der Waals surface area contributed by atoms with E-state index in [-0.39, 0.29) is 4.83 Å². The highest BCUT2D eigenvalue weighted by Crippen LogP contribution is 2.26. The number of carbonyl (C=O) groups is 1. The first kappa shape index (κ1) is 8.60. The zero-order chi connectivity index (χ0) is 7.56. The maximum absolute atomic E-state index is 11.3. The highest BCUT2D eigenvalue weighted by atomic mass is 79.9. The van der Waals surface area contributed by atoms with Gasteiger partial charge in [-0.3, -0.25) is 4.79 Å². The maximum Gasteiger partial charge on any atom is 0.150 e. The van der Waals surface area contributed by atoms with Crippen molar-refractivity contribution < 1.29 is 4.79 Å². The predicted molar refractivity (Wildman–Crippen MR) is 48.8 cm³/mol. The summed E-state index contributed by atoms with van der Waals surface area (Å²) >= 11 is 5.18. The SMILES string of the molecule is CC(Br)C(=O)C1CCSC1. The summed E-state index contributed by atoms with van der Waals surface area (Å²) < 4.78 is 0. The predicted octanol–water partition coefficient (Wildman–Crippen LogP) is 2.09. The van der Waals surface area contributed by atoms with Gasteiger partial charge in [0.15, 0.2) is 0 Å². The topological polar surface area (TPSA) is 17.1 Å². The summed E-state index contributed by atoms with van der Waals surface area (Å²) in [5, 5.41) is 0. The largest absolute Gasteiger partial charge is 0.298 e. The molecule has 3 heteroatoms. The lowest BCUT2D eigenvalue weighted by Crippen LogP contribution is -2.20. The fourth-order valence-electron chi connectivity index (χ4n) is 1.08. The van der Waals surface area contributed by atoms with Gasteiger partial charge in [-0.15, -0.1) is 0 Å². The van der Waals surface area contributed by atoms with E-state index >= 15 is 0 Å². The Kier molecular flexibility index (Phi) is 3.24. The molecule has 1 saturated heterocycles. The second kappa shape index (κ2) is 3.77. The molecule has 1 rings (SSSR count). The Morgan fingerprint density at radius 3 is 2.90 bits per heavy atom. The lowest BCUT2D eigenvalue weighted by molar-refractivity contribution is -0.121.